The molecular weight excluding hydrogens is 354 g/mol. The van der Waals surface area contributed by atoms with Gasteiger partial charge in [-0.3, -0.25) is 4.79 Å². The van der Waals surface area contributed by atoms with Crippen LogP contribution < -0.4 is 10.7 Å². The molecule has 2 rings (SSSR count). The van der Waals surface area contributed by atoms with Gasteiger partial charge in [-0.25, -0.2) is 5.43 Å². The average Bonchev–Trinajstić information content (AvgIpc) is 2.48. The van der Waals surface area contributed by atoms with Crippen molar-refractivity contribution in [2.24, 2.45) is 5.10 Å². The molecule has 0 heterocycles. The van der Waals surface area contributed by atoms with Crippen molar-refractivity contribution in [2.75, 3.05) is 11.9 Å². The monoisotopic (exact) mass is 365 g/mol. The molecule has 0 aliphatic rings. The van der Waals surface area contributed by atoms with Gasteiger partial charge in [0.15, 0.2) is 0 Å². The zero-order valence-corrected chi connectivity index (χ0v) is 13.4. The molecule has 0 spiro atoms. The van der Waals surface area contributed by atoms with Gasteiger partial charge in [-0.1, -0.05) is 51.8 Å². The lowest BCUT2D eigenvalue weighted by molar-refractivity contribution is -0.119. The first-order valence-corrected chi connectivity index (χ1v) is 7.38. The third-order valence-corrected chi connectivity index (χ3v) is 3.44. The topological polar surface area (TPSA) is 53.5 Å². The first-order valence-electron chi connectivity index (χ1n) is 6.21. The lowest BCUT2D eigenvalue weighted by Gasteiger charge is -2.06. The SMILES string of the molecule is O=C(CNc1ccccc1Cl)NN=Cc1ccc(Br)cc1. The van der Waals surface area contributed by atoms with Crippen molar-refractivity contribution in [3.05, 3.63) is 63.6 Å². The largest absolute Gasteiger partial charge is 0.375 e. The van der Waals surface area contributed by atoms with E-state index >= 15 is 0 Å². The maximum absolute atomic E-state index is 11.6. The molecule has 2 N–H and O–H groups in total. The second kappa shape index (κ2) is 7.81. The third-order valence-electron chi connectivity index (χ3n) is 2.59. The maximum atomic E-state index is 11.6. The molecule has 0 aromatic heterocycles. The average molecular weight is 367 g/mol. The Balaban J connectivity index is 1.80. The summed E-state index contributed by atoms with van der Waals surface area (Å²) in [5, 5.41) is 7.41. The van der Waals surface area contributed by atoms with Crippen LogP contribution in [-0.4, -0.2) is 18.7 Å². The molecule has 0 aliphatic carbocycles. The summed E-state index contributed by atoms with van der Waals surface area (Å²) < 4.78 is 0.993. The van der Waals surface area contributed by atoms with Crippen molar-refractivity contribution in [3.8, 4) is 0 Å². The second-order valence-electron chi connectivity index (χ2n) is 4.18. The van der Waals surface area contributed by atoms with Crippen LogP contribution in [0.4, 0.5) is 5.69 Å². The van der Waals surface area contributed by atoms with E-state index < -0.39 is 0 Å². The molecule has 21 heavy (non-hydrogen) atoms. The van der Waals surface area contributed by atoms with Crippen LogP contribution in [0.5, 0.6) is 0 Å². The number of carbonyl (C=O) groups excluding carboxylic acids is 1. The molecule has 6 heteroatoms. The van der Waals surface area contributed by atoms with Crippen molar-refractivity contribution in [2.45, 2.75) is 0 Å². The molecule has 0 aliphatic heterocycles. The Labute approximate surface area is 136 Å². The highest BCUT2D eigenvalue weighted by Crippen LogP contribution is 2.19. The van der Waals surface area contributed by atoms with E-state index in [0.717, 1.165) is 10.0 Å². The highest BCUT2D eigenvalue weighted by atomic mass is 79.9. The Kier molecular flexibility index (Phi) is 5.78. The maximum Gasteiger partial charge on any atom is 0.259 e. The fourth-order valence-corrected chi connectivity index (χ4v) is 2.01. The van der Waals surface area contributed by atoms with E-state index in [-0.39, 0.29) is 12.5 Å². The molecule has 0 atom stereocenters. The fourth-order valence-electron chi connectivity index (χ4n) is 1.55. The van der Waals surface area contributed by atoms with Crippen LogP contribution in [-0.2, 0) is 4.79 Å². The number of benzene rings is 2. The van der Waals surface area contributed by atoms with Crippen molar-refractivity contribution in [1.82, 2.24) is 5.43 Å². The summed E-state index contributed by atoms with van der Waals surface area (Å²) in [7, 11) is 0. The van der Waals surface area contributed by atoms with Crippen LogP contribution in [0.15, 0.2) is 58.1 Å². The molecule has 0 unspecified atom stereocenters. The number of halogens is 2. The zero-order chi connectivity index (χ0) is 15.1. The van der Waals surface area contributed by atoms with Gasteiger partial charge < -0.3 is 5.32 Å². The fraction of sp³-hybridized carbons (Fsp3) is 0.0667. The van der Waals surface area contributed by atoms with Crippen molar-refractivity contribution in [1.29, 1.82) is 0 Å². The number of carbonyl (C=O) groups is 1. The Bertz CT molecular complexity index is 644. The lowest BCUT2D eigenvalue weighted by atomic mass is 10.2. The molecule has 0 fully saturated rings. The van der Waals surface area contributed by atoms with Gasteiger partial charge >= 0.3 is 0 Å². The Hall–Kier alpha value is -1.85. The van der Waals surface area contributed by atoms with E-state index in [1.54, 1.807) is 18.3 Å². The first kappa shape index (κ1) is 15.5. The molecule has 2 aromatic carbocycles. The number of amides is 1. The summed E-state index contributed by atoms with van der Waals surface area (Å²) >= 11 is 9.33. The van der Waals surface area contributed by atoms with Gasteiger partial charge in [0.2, 0.25) is 0 Å². The van der Waals surface area contributed by atoms with Gasteiger partial charge in [0.1, 0.15) is 0 Å². The summed E-state index contributed by atoms with van der Waals surface area (Å²) in [5.74, 6) is -0.247. The van der Waals surface area contributed by atoms with E-state index in [1.165, 1.54) is 0 Å². The number of anilines is 1. The van der Waals surface area contributed by atoms with Crippen LogP contribution >= 0.6 is 27.5 Å². The van der Waals surface area contributed by atoms with E-state index in [9.17, 15) is 4.79 Å². The Morgan fingerprint density at radius 3 is 2.62 bits per heavy atom. The first-order chi connectivity index (χ1) is 10.1. The number of rotatable bonds is 5. The van der Waals surface area contributed by atoms with Crippen molar-refractivity contribution < 1.29 is 4.79 Å². The molecule has 108 valence electrons. The van der Waals surface area contributed by atoms with Gasteiger partial charge in [0.25, 0.3) is 5.91 Å². The highest BCUT2D eigenvalue weighted by Gasteiger charge is 2.01. The molecular formula is C15H13BrClN3O. The minimum Gasteiger partial charge on any atom is -0.375 e. The predicted octanol–water partition coefficient (Wildman–Crippen LogP) is 3.66. The molecule has 0 saturated heterocycles. The van der Waals surface area contributed by atoms with Gasteiger partial charge in [-0.15, -0.1) is 0 Å². The number of hydrogen-bond acceptors (Lipinski definition) is 3. The third kappa shape index (κ3) is 5.21. The molecule has 2 aromatic rings. The number of nitrogens with zero attached hydrogens (tertiary/aromatic N) is 1. The van der Waals surface area contributed by atoms with Gasteiger partial charge in [-0.05, 0) is 29.8 Å². The van der Waals surface area contributed by atoms with Crippen molar-refractivity contribution in [3.63, 3.8) is 0 Å². The summed E-state index contributed by atoms with van der Waals surface area (Å²) in [5.41, 5.74) is 4.06. The second-order valence-corrected chi connectivity index (χ2v) is 5.50. The number of hydrazone groups is 1. The summed E-state index contributed by atoms with van der Waals surface area (Å²) in [6, 6.07) is 14.8. The molecule has 0 saturated carbocycles. The van der Waals surface area contributed by atoms with Crippen molar-refractivity contribution >= 4 is 45.3 Å². The minimum absolute atomic E-state index is 0.0986. The smallest absolute Gasteiger partial charge is 0.259 e. The summed E-state index contributed by atoms with van der Waals surface area (Å²) in [6.07, 6.45) is 1.58. The Morgan fingerprint density at radius 1 is 1.19 bits per heavy atom. The molecule has 0 radical (unpaired) electrons. The van der Waals surface area contributed by atoms with Crippen LogP contribution in [0.2, 0.25) is 5.02 Å². The standard InChI is InChI=1S/C15H13BrClN3O/c16-12-7-5-11(6-8-12)9-19-20-15(21)10-18-14-4-2-1-3-13(14)17/h1-9,18H,10H2,(H,20,21). The predicted molar refractivity (Wildman–Crippen MR) is 89.8 cm³/mol. The lowest BCUT2D eigenvalue weighted by Crippen LogP contribution is -2.25. The normalized spacial score (nSPS) is 10.6. The Morgan fingerprint density at radius 2 is 1.90 bits per heavy atom. The quantitative estimate of drug-likeness (QED) is 0.627. The van der Waals surface area contributed by atoms with Gasteiger partial charge in [-0.2, -0.15) is 5.10 Å². The molecule has 1 amide bonds. The highest BCUT2D eigenvalue weighted by molar-refractivity contribution is 9.10. The number of para-hydroxylation sites is 1. The van der Waals surface area contributed by atoms with Crippen LogP contribution in [0.3, 0.4) is 0 Å². The van der Waals surface area contributed by atoms with Crippen LogP contribution in [0.25, 0.3) is 0 Å². The molecule has 0 bridgehead atoms. The van der Waals surface area contributed by atoms with E-state index in [4.69, 9.17) is 11.6 Å². The van der Waals surface area contributed by atoms with E-state index in [0.29, 0.717) is 10.7 Å². The summed E-state index contributed by atoms with van der Waals surface area (Å²) in [6.45, 7) is 0.0986. The number of nitrogens with one attached hydrogen (secondary N) is 2. The molecule has 4 nitrogen and oxygen atoms in total. The summed E-state index contributed by atoms with van der Waals surface area (Å²) in [4.78, 5) is 11.6. The zero-order valence-electron chi connectivity index (χ0n) is 11.0. The van der Waals surface area contributed by atoms with E-state index in [1.807, 2.05) is 36.4 Å². The van der Waals surface area contributed by atoms with E-state index in [2.05, 4.69) is 31.8 Å². The number of hydrogen-bond donors (Lipinski definition) is 2. The van der Waals surface area contributed by atoms with Crippen LogP contribution in [0.1, 0.15) is 5.56 Å². The van der Waals surface area contributed by atoms with Crippen LogP contribution in [0, 0.1) is 0 Å². The van der Waals surface area contributed by atoms with Gasteiger partial charge in [0.05, 0.1) is 23.5 Å². The van der Waals surface area contributed by atoms with Gasteiger partial charge in [0, 0.05) is 4.47 Å². The minimum atomic E-state index is -0.247.